The lowest BCUT2D eigenvalue weighted by Crippen LogP contribution is -1.93. The highest BCUT2D eigenvalue weighted by Gasteiger charge is 2.21. The van der Waals surface area contributed by atoms with Gasteiger partial charge in [-0.3, -0.25) is 4.98 Å². The zero-order chi connectivity index (χ0) is 27.1. The number of hydrogen-bond acceptors (Lipinski definition) is 5. The van der Waals surface area contributed by atoms with E-state index in [0.717, 1.165) is 51.5 Å². The second-order valence-electron chi connectivity index (χ2n) is 8.78. The Bertz CT molecular complexity index is 1840. The van der Waals surface area contributed by atoms with Crippen molar-refractivity contribution in [2.75, 3.05) is 0 Å². The lowest BCUT2D eigenvalue weighted by molar-refractivity contribution is -0.361. The topological polar surface area (TPSA) is 61.2 Å². The maximum absolute atomic E-state index is 8.88. The van der Waals surface area contributed by atoms with Crippen LogP contribution in [0, 0.1) is 10.7 Å². The summed E-state index contributed by atoms with van der Waals surface area (Å²) in [5.74, 6) is 2.96. The van der Waals surface area contributed by atoms with Crippen molar-refractivity contribution in [3.63, 3.8) is 0 Å². The maximum atomic E-state index is 8.88. The fourth-order valence-electron chi connectivity index (χ4n) is 4.22. The molecule has 4 aromatic carbocycles. The molecule has 0 fully saturated rings. The van der Waals surface area contributed by atoms with Crippen LogP contribution in [0.1, 0.15) is 0 Å². The number of thiocyanates is 1. The van der Waals surface area contributed by atoms with Crippen molar-refractivity contribution >= 4 is 23.6 Å². The largest absolute Gasteiger partial charge is 0.511 e. The molecule has 1 aliphatic rings. The zero-order valence-electron chi connectivity index (χ0n) is 21.2. The molecular weight excluding hydrogens is 516 g/mol. The average Bonchev–Trinajstić information content (AvgIpc) is 3.47. The van der Waals surface area contributed by atoms with Crippen molar-refractivity contribution in [1.29, 1.82) is 5.26 Å². The van der Waals surface area contributed by atoms with Crippen LogP contribution in [0.4, 0.5) is 5.69 Å². The van der Waals surface area contributed by atoms with E-state index in [9.17, 15) is 0 Å². The van der Waals surface area contributed by atoms with Crippen molar-refractivity contribution < 1.29 is 18.0 Å². The van der Waals surface area contributed by atoms with Gasteiger partial charge in [0.25, 0.3) is 12.4 Å². The molecule has 0 saturated carbocycles. The van der Waals surface area contributed by atoms with Gasteiger partial charge in [0, 0.05) is 17.8 Å². The van der Waals surface area contributed by atoms with Gasteiger partial charge in [0.05, 0.1) is 11.8 Å². The van der Waals surface area contributed by atoms with E-state index in [2.05, 4.69) is 23.1 Å². The highest BCUT2D eigenvalue weighted by atomic mass is 32.2. The van der Waals surface area contributed by atoms with Crippen LogP contribution in [0.2, 0.25) is 0 Å². The number of aromatic nitrogens is 1. The number of para-hydroxylation sites is 1. The van der Waals surface area contributed by atoms with Crippen LogP contribution in [-0.2, 0) is 0 Å². The minimum absolute atomic E-state index is 0.688. The van der Waals surface area contributed by atoms with Gasteiger partial charge < -0.3 is 9.47 Å². The summed E-state index contributed by atoms with van der Waals surface area (Å²) in [6.45, 7) is 0. The minimum Gasteiger partial charge on any atom is -0.457 e. The van der Waals surface area contributed by atoms with E-state index in [0.29, 0.717) is 11.5 Å². The molecule has 5 aromatic rings. The third-order valence-corrected chi connectivity index (χ3v) is 6.55. The quantitative estimate of drug-likeness (QED) is 0.113. The number of nitrogens with zero attached hydrogens (tertiary/aromatic N) is 4. The molecule has 2 heterocycles. The molecule has 0 N–H and O–H groups in total. The van der Waals surface area contributed by atoms with Crippen LogP contribution in [0.5, 0.6) is 23.0 Å². The van der Waals surface area contributed by atoms with Gasteiger partial charge in [0.2, 0.25) is 11.1 Å². The standard InChI is InChI=1S/C33H22N4O2S/c34-23-40-37-18-17-36(24-37)28-9-6-14-32(22-28)39-31-13-5-8-27(20-31)33-21-26(15-16-35-33)25-7-4-12-30(19-25)38-29-10-2-1-3-11-29/h1-22H/q+2. The fourth-order valence-corrected chi connectivity index (χ4v) is 4.55. The molecule has 1 aliphatic heterocycles. The van der Waals surface area contributed by atoms with Crippen LogP contribution in [0.25, 0.3) is 22.4 Å². The van der Waals surface area contributed by atoms with E-state index >= 15 is 0 Å². The smallest absolute Gasteiger partial charge is 0.457 e. The second-order valence-corrected chi connectivity index (χ2v) is 9.54. The predicted molar refractivity (Wildman–Crippen MR) is 156 cm³/mol. The second kappa shape index (κ2) is 11.5. The normalized spacial score (nSPS) is 11.9. The van der Waals surface area contributed by atoms with E-state index in [4.69, 9.17) is 14.7 Å². The Labute approximate surface area is 236 Å². The van der Waals surface area contributed by atoms with Crippen LogP contribution >= 0.6 is 11.9 Å². The van der Waals surface area contributed by atoms with E-state index in [-0.39, 0.29) is 0 Å². The summed E-state index contributed by atoms with van der Waals surface area (Å²) < 4.78 is 15.7. The van der Waals surface area contributed by atoms with Crippen LogP contribution in [0.15, 0.2) is 134 Å². The summed E-state index contributed by atoms with van der Waals surface area (Å²) in [5, 5.41) is 10.9. The first kappa shape index (κ1) is 24.9. The predicted octanol–water partition coefficient (Wildman–Crippen LogP) is 8.44. The van der Waals surface area contributed by atoms with Gasteiger partial charge in [-0.2, -0.15) is 5.26 Å². The van der Waals surface area contributed by atoms with Gasteiger partial charge in [0.15, 0.2) is 0 Å². The Balaban J connectivity index is 1.22. The Kier molecular flexibility index (Phi) is 7.19. The number of nitriles is 1. The van der Waals surface area contributed by atoms with Crippen molar-refractivity contribution in [2.45, 2.75) is 0 Å². The Morgan fingerprint density at radius 2 is 1.30 bits per heavy atom. The van der Waals surface area contributed by atoms with E-state index in [1.807, 2.05) is 126 Å². The number of pyridine rings is 1. The fraction of sp³-hybridized carbons (Fsp3) is 0. The molecule has 6 nitrogen and oxygen atoms in total. The first-order chi connectivity index (χ1) is 19.7. The van der Waals surface area contributed by atoms with Crippen molar-refractivity contribution in [2.24, 2.45) is 0 Å². The van der Waals surface area contributed by atoms with Crippen LogP contribution < -0.4 is 9.47 Å². The van der Waals surface area contributed by atoms with E-state index in [1.54, 1.807) is 10.2 Å². The first-order valence-corrected chi connectivity index (χ1v) is 13.3. The molecular formula is C33H22N4O2S+2. The molecule has 0 aliphatic carbocycles. The molecule has 0 amide bonds. The highest BCUT2D eigenvalue weighted by molar-refractivity contribution is 7.98. The monoisotopic (exact) mass is 538 g/mol. The number of ether oxygens (including phenoxy) is 2. The summed E-state index contributed by atoms with van der Waals surface area (Å²) >= 11 is 1.000. The van der Waals surface area contributed by atoms with E-state index < -0.39 is 0 Å². The van der Waals surface area contributed by atoms with Crippen LogP contribution in [-0.4, -0.2) is 19.5 Å². The van der Waals surface area contributed by atoms with Gasteiger partial charge in [-0.1, -0.05) is 53.1 Å². The summed E-state index contributed by atoms with van der Waals surface area (Å²) in [4.78, 5) is 4.62. The molecule has 0 bridgehead atoms. The zero-order valence-corrected chi connectivity index (χ0v) is 22.0. The number of rotatable bonds is 8. The van der Waals surface area contributed by atoms with Gasteiger partial charge in [0.1, 0.15) is 23.0 Å². The van der Waals surface area contributed by atoms with Gasteiger partial charge in [-0.25, -0.2) is 0 Å². The minimum atomic E-state index is 0.688. The van der Waals surface area contributed by atoms with Crippen molar-refractivity contribution in [3.05, 3.63) is 134 Å². The average molecular weight is 539 g/mol. The molecule has 0 saturated heterocycles. The molecule has 6 rings (SSSR count). The molecule has 7 heteroatoms. The summed E-state index contributed by atoms with van der Waals surface area (Å²) in [6.07, 6.45) is 5.43. The highest BCUT2D eigenvalue weighted by Crippen LogP contribution is 2.32. The molecule has 40 heavy (non-hydrogen) atoms. The molecule has 1 aromatic heterocycles. The lowest BCUT2D eigenvalue weighted by Gasteiger charge is -2.10. The van der Waals surface area contributed by atoms with Crippen molar-refractivity contribution in [3.8, 4) is 50.8 Å². The van der Waals surface area contributed by atoms with Gasteiger partial charge in [-0.05, 0) is 69.7 Å². The first-order valence-electron chi connectivity index (χ1n) is 12.5. The Hall–Kier alpha value is -5.41. The van der Waals surface area contributed by atoms with Crippen LogP contribution in [0.3, 0.4) is 0 Å². The summed E-state index contributed by atoms with van der Waals surface area (Å²) in [7, 11) is 0. The molecule has 0 radical (unpaired) electrons. The van der Waals surface area contributed by atoms with Gasteiger partial charge >= 0.3 is 18.0 Å². The number of benzene rings is 4. The molecule has 0 atom stereocenters. The Morgan fingerprint density at radius 1 is 0.650 bits per heavy atom. The maximum Gasteiger partial charge on any atom is 0.511 e. The Morgan fingerprint density at radius 3 is 2.10 bits per heavy atom. The summed E-state index contributed by atoms with van der Waals surface area (Å²) in [5.41, 5.74) is 4.74. The molecule has 0 unspecified atom stereocenters. The van der Waals surface area contributed by atoms with Crippen molar-refractivity contribution in [1.82, 2.24) is 4.98 Å². The van der Waals surface area contributed by atoms with Gasteiger partial charge in [-0.15, -0.1) is 0 Å². The summed E-state index contributed by atoms with van der Waals surface area (Å²) in [6, 6.07) is 40.5. The third-order valence-electron chi connectivity index (χ3n) is 6.06. The SMILES string of the molecule is N#CS[N+]1=C=[N+](c2cccc(Oc3cccc(-c4cc(-c5cccc(Oc6ccccc6)c5)ccn4)c3)c2)C=C1. The molecule has 190 valence electrons. The number of hydrogen-bond donors (Lipinski definition) is 0. The lowest BCUT2D eigenvalue weighted by atomic mass is 10.0. The third kappa shape index (κ3) is 5.85. The van der Waals surface area contributed by atoms with E-state index in [1.165, 1.54) is 0 Å². The molecule has 0 spiro atoms.